The van der Waals surface area contributed by atoms with E-state index in [9.17, 15) is 0 Å². The molecule has 2 heterocycles. The maximum Gasteiger partial charge on any atom is 3.00 e. The van der Waals surface area contributed by atoms with Crippen molar-refractivity contribution in [3.8, 4) is 0 Å². The molecular weight excluding hydrogens is 414 g/mol. The summed E-state index contributed by atoms with van der Waals surface area (Å²) >= 11 is 0. The van der Waals surface area contributed by atoms with Crippen molar-refractivity contribution >= 4 is 16.8 Å². The van der Waals surface area contributed by atoms with E-state index in [4.69, 9.17) is 9.47 Å². The molecule has 124 valence electrons. The van der Waals surface area contributed by atoms with Gasteiger partial charge in [-0.2, -0.15) is 0 Å². The molecule has 0 aromatic rings. The van der Waals surface area contributed by atoms with Crippen LogP contribution in [0.5, 0.6) is 0 Å². The Kier molecular flexibility index (Phi) is 21.4. The van der Waals surface area contributed by atoms with E-state index in [0.29, 0.717) is 0 Å². The minimum Gasteiger partial charge on any atom is -1.00 e. The first kappa shape index (κ1) is 29.2. The summed E-state index contributed by atoms with van der Waals surface area (Å²) in [5.41, 5.74) is 0. The van der Waals surface area contributed by atoms with Gasteiger partial charge in [0.15, 0.2) is 0 Å². The van der Waals surface area contributed by atoms with Crippen LogP contribution in [0.1, 0.15) is 60.3 Å². The van der Waals surface area contributed by atoms with E-state index in [0.717, 1.165) is 26.4 Å². The van der Waals surface area contributed by atoms with Gasteiger partial charge in [-0.3, -0.25) is 0 Å². The molecule has 1 aliphatic carbocycles. The summed E-state index contributed by atoms with van der Waals surface area (Å²) in [4.78, 5) is 0. The van der Waals surface area contributed by atoms with Gasteiger partial charge in [0.05, 0.1) is 0 Å². The van der Waals surface area contributed by atoms with Crippen LogP contribution in [-0.2, 0) is 9.47 Å². The van der Waals surface area contributed by atoms with E-state index in [1.165, 1.54) is 55.3 Å². The zero-order valence-electron chi connectivity index (χ0n) is 15.6. The van der Waals surface area contributed by atoms with Crippen molar-refractivity contribution < 1.29 is 50.3 Å². The van der Waals surface area contributed by atoms with Gasteiger partial charge >= 0.3 is 40.8 Å². The second-order valence-corrected chi connectivity index (χ2v) is 5.76. The maximum absolute atomic E-state index is 4.94. The molecule has 2 nitrogen and oxygen atoms in total. The third-order valence-electron chi connectivity index (χ3n) is 4.47. The van der Waals surface area contributed by atoms with Gasteiger partial charge in [-0.25, -0.2) is 0 Å². The largest absolute Gasteiger partial charge is 3.00 e. The van der Waals surface area contributed by atoms with Crippen LogP contribution in [0.3, 0.4) is 0 Å². The molecule has 0 N–H and O–H groups in total. The molecule has 2 saturated heterocycles. The Morgan fingerprint density at radius 2 is 0.652 bits per heavy atom. The number of ether oxygens (including phenoxy) is 2. The molecule has 0 atom stereocenters. The number of hydrogen-bond acceptors (Lipinski definition) is 2. The molecule has 0 spiro atoms. The van der Waals surface area contributed by atoms with E-state index in [-0.39, 0.29) is 57.7 Å². The molecule has 3 aliphatic rings. The van der Waals surface area contributed by atoms with Crippen LogP contribution in [0, 0.1) is 70.4 Å². The fraction of sp³-hybridized carbons (Fsp3) is 0.722. The molecule has 0 unspecified atom stereocenters. The van der Waals surface area contributed by atoms with Gasteiger partial charge in [0, 0.05) is 26.4 Å². The van der Waals surface area contributed by atoms with Crippen LogP contribution in [0.15, 0.2) is 0 Å². The minimum absolute atomic E-state index is 0. The third kappa shape index (κ3) is 10.9. The average Bonchev–Trinajstić information content (AvgIpc) is 3.22. The summed E-state index contributed by atoms with van der Waals surface area (Å²) in [6.45, 7) is 15.0. The Hall–Kier alpha value is 1.40. The molecule has 1 saturated carbocycles. The summed E-state index contributed by atoms with van der Waals surface area (Å²) in [6.07, 6.45) is 5.11. The first-order valence-electron chi connectivity index (χ1n) is 7.90. The summed E-state index contributed by atoms with van der Waals surface area (Å²) in [6, 6.07) is 0. The predicted octanol–water partition coefficient (Wildman–Crippen LogP) is 3.80. The minimum atomic E-state index is 0. The van der Waals surface area contributed by atoms with Gasteiger partial charge in [-0.15, -0.1) is 0 Å². The summed E-state index contributed by atoms with van der Waals surface area (Å²) in [5.74, 6) is 7.34. The molecule has 0 bridgehead atoms. The van der Waals surface area contributed by atoms with Crippen LogP contribution in [-0.4, -0.2) is 43.3 Å². The van der Waals surface area contributed by atoms with Gasteiger partial charge in [0.2, 0.25) is 0 Å². The van der Waals surface area contributed by atoms with Crippen molar-refractivity contribution in [2.45, 2.75) is 60.3 Å². The van der Waals surface area contributed by atoms with Crippen molar-refractivity contribution in [3.63, 3.8) is 0 Å². The molecule has 3 rings (SSSR count). The summed E-state index contributed by atoms with van der Waals surface area (Å²) in [7, 11) is 0. The molecule has 14 radical (unpaired) electrons. The third-order valence-corrected chi connectivity index (χ3v) is 4.47. The zero-order valence-corrected chi connectivity index (χ0v) is 18.8. The fourth-order valence-electron chi connectivity index (χ4n) is 2.43. The van der Waals surface area contributed by atoms with Gasteiger partial charge in [-0.05, 0) is 55.3 Å². The molecule has 0 aromatic heterocycles. The van der Waals surface area contributed by atoms with Gasteiger partial charge < -0.3 is 26.3 Å². The first-order valence-corrected chi connectivity index (χ1v) is 7.90. The van der Waals surface area contributed by atoms with Crippen molar-refractivity contribution in [2.75, 3.05) is 26.4 Å². The van der Waals surface area contributed by atoms with E-state index in [1.807, 2.05) is 0 Å². The van der Waals surface area contributed by atoms with E-state index >= 15 is 0 Å². The van der Waals surface area contributed by atoms with Crippen LogP contribution in [0.25, 0.3) is 0 Å². The Labute approximate surface area is 182 Å². The van der Waals surface area contributed by atoms with Crippen LogP contribution < -0.4 is 0 Å². The van der Waals surface area contributed by atoms with Crippen LogP contribution in [0.2, 0.25) is 0 Å². The SMILES string of the molecule is C1CCOC1.C1CCOC1.C[C]1[C](C)[C](C)[C](C)[C]1C.[B-].[B-].[Nd+3]. The normalized spacial score (nSPS) is 22.8. The summed E-state index contributed by atoms with van der Waals surface area (Å²) in [5, 5.41) is 0. The zero-order chi connectivity index (χ0) is 15.0. The molecule has 5 heteroatoms. The van der Waals surface area contributed by atoms with Crippen molar-refractivity contribution in [3.05, 3.63) is 29.6 Å². The van der Waals surface area contributed by atoms with Gasteiger partial charge in [0.1, 0.15) is 0 Å². The van der Waals surface area contributed by atoms with E-state index in [1.54, 1.807) is 0 Å². The first-order chi connectivity index (χ1) is 9.55. The van der Waals surface area contributed by atoms with E-state index < -0.39 is 0 Å². The van der Waals surface area contributed by atoms with E-state index in [2.05, 4.69) is 34.6 Å². The van der Waals surface area contributed by atoms with Crippen LogP contribution >= 0.6 is 0 Å². The number of rotatable bonds is 0. The fourth-order valence-corrected chi connectivity index (χ4v) is 2.43. The monoisotopic (exact) mass is 443 g/mol. The molecule has 23 heavy (non-hydrogen) atoms. The Morgan fingerprint density at radius 1 is 0.478 bits per heavy atom. The average molecular weight is 445 g/mol. The topological polar surface area (TPSA) is 18.5 Å². The number of hydrogen-bond donors (Lipinski definition) is 0. The second-order valence-electron chi connectivity index (χ2n) is 5.76. The smallest absolute Gasteiger partial charge is 1.00 e. The molecular formula is C18H31B2NdO2+. The van der Waals surface area contributed by atoms with Crippen molar-refractivity contribution in [2.24, 2.45) is 0 Å². The van der Waals surface area contributed by atoms with Gasteiger partial charge in [-0.1, -0.05) is 34.6 Å². The van der Waals surface area contributed by atoms with Gasteiger partial charge in [0.25, 0.3) is 0 Å². The maximum atomic E-state index is 4.94. The molecule has 0 amide bonds. The Balaban J connectivity index is -0.000000265. The quantitative estimate of drug-likeness (QED) is 0.529. The molecule has 2 aliphatic heterocycles. The summed E-state index contributed by atoms with van der Waals surface area (Å²) < 4.78 is 9.89. The molecule has 3 fully saturated rings. The standard InChI is InChI=1S/C10H15.2C4H8O.2B.Nd/c1-6-7(2)9(4)10(5)8(6)3;2*1-2-4-5-3-1;;;/h1-5H3;2*1-4H2;;;/q;;;2*-1;+3. The Morgan fingerprint density at radius 3 is 0.739 bits per heavy atom. The second kappa shape index (κ2) is 16.8. The predicted molar refractivity (Wildman–Crippen MR) is 96.2 cm³/mol. The van der Waals surface area contributed by atoms with Crippen molar-refractivity contribution in [1.29, 1.82) is 0 Å². The van der Waals surface area contributed by atoms with Crippen LogP contribution in [0.4, 0.5) is 0 Å². The molecule has 0 aromatic carbocycles. The Bertz CT molecular complexity index is 179. The van der Waals surface area contributed by atoms with Crippen molar-refractivity contribution in [1.82, 2.24) is 0 Å².